The largest absolute Gasteiger partial charge is 0.475 e. The van der Waals surface area contributed by atoms with Gasteiger partial charge in [0.05, 0.1) is 16.7 Å². The van der Waals surface area contributed by atoms with E-state index >= 15 is 0 Å². The van der Waals surface area contributed by atoms with Gasteiger partial charge in [-0.25, -0.2) is 4.79 Å². The van der Waals surface area contributed by atoms with E-state index in [9.17, 15) is 4.79 Å². The number of nitrogens with zero attached hydrogens (tertiary/aromatic N) is 2. The zero-order valence-electron chi connectivity index (χ0n) is 11.9. The average molecular weight is 308 g/mol. The normalized spacial score (nSPS) is 11.2. The molecule has 0 bridgehead atoms. The maximum absolute atomic E-state index is 9.97. The molecule has 0 aliphatic heterocycles. The quantitative estimate of drug-likeness (QED) is 0.636. The number of nitrogen functional groups attached to an aromatic ring is 1. The molecule has 0 aliphatic rings. The molecule has 112 valence electrons. The zero-order valence-corrected chi connectivity index (χ0v) is 12.7. The van der Waals surface area contributed by atoms with Gasteiger partial charge < -0.3 is 15.3 Å². The number of aromatic nitrogens is 3. The van der Waals surface area contributed by atoms with Crippen LogP contribution in [0.4, 0.5) is 5.13 Å². The Morgan fingerprint density at radius 3 is 2.67 bits per heavy atom. The van der Waals surface area contributed by atoms with Crippen molar-refractivity contribution in [2.45, 2.75) is 26.2 Å². The van der Waals surface area contributed by atoms with Gasteiger partial charge in [-0.3, -0.25) is 5.10 Å². The fourth-order valence-corrected chi connectivity index (χ4v) is 2.61. The van der Waals surface area contributed by atoms with Gasteiger partial charge in [0, 0.05) is 5.41 Å². The van der Waals surface area contributed by atoms with Crippen LogP contribution in [-0.2, 0) is 5.41 Å². The van der Waals surface area contributed by atoms with Crippen molar-refractivity contribution in [3.8, 4) is 0 Å². The monoisotopic (exact) mass is 308 g/mol. The van der Waals surface area contributed by atoms with Crippen LogP contribution >= 0.6 is 11.3 Å². The van der Waals surface area contributed by atoms with Gasteiger partial charge in [-0.2, -0.15) is 10.1 Å². The number of carboxylic acids is 1. The van der Waals surface area contributed by atoms with Crippen LogP contribution in [-0.4, -0.2) is 26.3 Å². The first-order valence-corrected chi connectivity index (χ1v) is 6.98. The van der Waals surface area contributed by atoms with Gasteiger partial charge in [-0.1, -0.05) is 32.1 Å². The standard InChI is InChI=1S/C8H12N4S.C5H4O3/c1-8(2,3)5-4-6(12-11-5)10-7(9)13-4;6-5(7)4-2-1-3-8-4/h1-3H3,(H3,9,10,11,12);1-3H,(H,6,7). The summed E-state index contributed by atoms with van der Waals surface area (Å²) in [6.07, 6.45) is 1.32. The summed E-state index contributed by atoms with van der Waals surface area (Å²) >= 11 is 1.49. The Morgan fingerprint density at radius 2 is 2.19 bits per heavy atom. The van der Waals surface area contributed by atoms with Crippen molar-refractivity contribution in [2.75, 3.05) is 5.73 Å². The Kier molecular flexibility index (Phi) is 3.99. The van der Waals surface area contributed by atoms with Gasteiger partial charge in [0.2, 0.25) is 5.76 Å². The number of carbonyl (C=O) groups is 1. The summed E-state index contributed by atoms with van der Waals surface area (Å²) in [4.78, 5) is 14.1. The Hall–Kier alpha value is -2.35. The summed E-state index contributed by atoms with van der Waals surface area (Å²) in [6.45, 7) is 6.40. The number of fused-ring (bicyclic) bond motifs is 1. The molecule has 3 aromatic heterocycles. The summed E-state index contributed by atoms with van der Waals surface area (Å²) in [6, 6.07) is 2.92. The number of furan rings is 1. The second-order valence-corrected chi connectivity index (χ2v) is 6.37. The molecule has 4 N–H and O–H groups in total. The van der Waals surface area contributed by atoms with Crippen molar-refractivity contribution < 1.29 is 14.3 Å². The van der Waals surface area contributed by atoms with Crippen LogP contribution in [0, 0.1) is 0 Å². The minimum atomic E-state index is -1.03. The maximum Gasteiger partial charge on any atom is 0.371 e. The smallest absolute Gasteiger partial charge is 0.371 e. The molecule has 0 aromatic carbocycles. The Balaban J connectivity index is 0.000000173. The molecule has 0 unspecified atom stereocenters. The van der Waals surface area contributed by atoms with Crippen molar-refractivity contribution in [1.29, 1.82) is 0 Å². The first-order chi connectivity index (χ1) is 9.79. The average Bonchev–Trinajstić information content (AvgIpc) is 3.01. The number of hydrogen-bond donors (Lipinski definition) is 3. The molecule has 3 aromatic rings. The Bertz CT molecular complexity index is 737. The van der Waals surface area contributed by atoms with E-state index in [4.69, 9.17) is 10.8 Å². The van der Waals surface area contributed by atoms with E-state index in [1.54, 1.807) is 0 Å². The lowest BCUT2D eigenvalue weighted by molar-refractivity contribution is 0.0662. The minimum Gasteiger partial charge on any atom is -0.475 e. The molecule has 0 spiro atoms. The van der Waals surface area contributed by atoms with Crippen LogP contribution in [0.2, 0.25) is 0 Å². The number of hydrogen-bond acceptors (Lipinski definition) is 6. The summed E-state index contributed by atoms with van der Waals surface area (Å²) in [5.41, 5.74) is 7.50. The fourth-order valence-electron chi connectivity index (χ4n) is 1.63. The van der Waals surface area contributed by atoms with E-state index in [2.05, 4.69) is 40.4 Å². The molecule has 0 radical (unpaired) electrons. The molecular formula is C13H16N4O3S. The summed E-state index contributed by atoms with van der Waals surface area (Å²) < 4.78 is 5.57. The fraction of sp³-hybridized carbons (Fsp3) is 0.308. The molecule has 0 saturated carbocycles. The molecule has 0 aliphatic carbocycles. The SMILES string of the molecule is CC(C)(C)c1[nH]nc2nc(N)sc12.O=C(O)c1ccco1. The number of rotatable bonds is 1. The number of nitrogens with one attached hydrogen (secondary N) is 1. The molecule has 7 nitrogen and oxygen atoms in total. The summed E-state index contributed by atoms with van der Waals surface area (Å²) in [5.74, 6) is -1.06. The third-order valence-electron chi connectivity index (χ3n) is 2.61. The van der Waals surface area contributed by atoms with Gasteiger partial charge in [-0.05, 0) is 12.1 Å². The van der Waals surface area contributed by atoms with Crippen molar-refractivity contribution in [2.24, 2.45) is 0 Å². The van der Waals surface area contributed by atoms with Crippen LogP contribution in [0.1, 0.15) is 37.0 Å². The van der Waals surface area contributed by atoms with Crippen LogP contribution in [0.5, 0.6) is 0 Å². The number of H-pyrrole nitrogens is 1. The first kappa shape index (κ1) is 15.0. The van der Waals surface area contributed by atoms with Crippen LogP contribution < -0.4 is 5.73 Å². The first-order valence-electron chi connectivity index (χ1n) is 6.16. The predicted octanol–water partition coefficient (Wildman–Crippen LogP) is 2.88. The molecule has 0 saturated heterocycles. The molecule has 0 fully saturated rings. The van der Waals surface area contributed by atoms with E-state index in [0.29, 0.717) is 5.13 Å². The maximum atomic E-state index is 9.97. The van der Waals surface area contributed by atoms with E-state index < -0.39 is 5.97 Å². The Labute approximate surface area is 124 Å². The molecule has 21 heavy (non-hydrogen) atoms. The molecule has 3 rings (SSSR count). The minimum absolute atomic E-state index is 0.0231. The molecule has 0 amide bonds. The highest BCUT2D eigenvalue weighted by Gasteiger charge is 2.21. The van der Waals surface area contributed by atoms with Gasteiger partial charge in [0.25, 0.3) is 0 Å². The third kappa shape index (κ3) is 3.40. The number of carboxylic acid groups (broad SMARTS) is 1. The topological polar surface area (TPSA) is 118 Å². The lowest BCUT2D eigenvalue weighted by Crippen LogP contribution is -2.11. The summed E-state index contributed by atoms with van der Waals surface area (Å²) in [5, 5.41) is 15.9. The van der Waals surface area contributed by atoms with Gasteiger partial charge >= 0.3 is 5.97 Å². The number of aromatic carboxylic acids is 1. The molecule has 3 heterocycles. The molecule has 8 heteroatoms. The predicted molar refractivity (Wildman–Crippen MR) is 80.5 cm³/mol. The van der Waals surface area contributed by atoms with Crippen molar-refractivity contribution in [1.82, 2.24) is 15.2 Å². The third-order valence-corrected chi connectivity index (χ3v) is 3.50. The van der Waals surface area contributed by atoms with Crippen LogP contribution in [0.3, 0.4) is 0 Å². The second kappa shape index (κ2) is 5.57. The van der Waals surface area contributed by atoms with Crippen LogP contribution in [0.15, 0.2) is 22.8 Å². The summed E-state index contributed by atoms with van der Waals surface area (Å²) in [7, 11) is 0. The van der Waals surface area contributed by atoms with E-state index in [0.717, 1.165) is 16.0 Å². The number of nitrogens with two attached hydrogens (primary N) is 1. The Morgan fingerprint density at radius 1 is 1.48 bits per heavy atom. The highest BCUT2D eigenvalue weighted by atomic mass is 32.1. The van der Waals surface area contributed by atoms with Crippen LogP contribution in [0.25, 0.3) is 10.3 Å². The number of thiazole rings is 1. The number of aromatic amines is 1. The lowest BCUT2D eigenvalue weighted by Gasteiger charge is -2.15. The van der Waals surface area contributed by atoms with Crippen molar-refractivity contribution >= 4 is 32.8 Å². The lowest BCUT2D eigenvalue weighted by atomic mass is 9.92. The highest BCUT2D eigenvalue weighted by Crippen LogP contribution is 2.32. The van der Waals surface area contributed by atoms with Crippen molar-refractivity contribution in [3.05, 3.63) is 29.9 Å². The van der Waals surface area contributed by atoms with Crippen molar-refractivity contribution in [3.63, 3.8) is 0 Å². The second-order valence-electron chi connectivity index (χ2n) is 5.34. The van der Waals surface area contributed by atoms with Gasteiger partial charge in [0.1, 0.15) is 0 Å². The molecule has 0 atom stereocenters. The van der Waals surface area contributed by atoms with E-state index in [1.165, 1.54) is 29.7 Å². The highest BCUT2D eigenvalue weighted by molar-refractivity contribution is 7.22. The van der Waals surface area contributed by atoms with E-state index in [1.807, 2.05) is 0 Å². The zero-order chi connectivity index (χ0) is 15.6. The van der Waals surface area contributed by atoms with Gasteiger partial charge in [0.15, 0.2) is 10.8 Å². The van der Waals surface area contributed by atoms with Gasteiger partial charge in [-0.15, -0.1) is 0 Å². The number of anilines is 1. The van der Waals surface area contributed by atoms with E-state index in [-0.39, 0.29) is 11.2 Å². The molecular weight excluding hydrogens is 292 g/mol.